The summed E-state index contributed by atoms with van der Waals surface area (Å²) in [6, 6.07) is 0. The SMILES string of the molecule is CCOC(c1noc(CCCCN)n1)C1CC1. The van der Waals surface area contributed by atoms with Gasteiger partial charge in [-0.3, -0.25) is 0 Å². The van der Waals surface area contributed by atoms with Crippen molar-refractivity contribution in [3.8, 4) is 0 Å². The highest BCUT2D eigenvalue weighted by atomic mass is 16.5. The van der Waals surface area contributed by atoms with Gasteiger partial charge in [0.05, 0.1) is 0 Å². The topological polar surface area (TPSA) is 74.2 Å². The zero-order chi connectivity index (χ0) is 12.1. The smallest absolute Gasteiger partial charge is 0.226 e. The summed E-state index contributed by atoms with van der Waals surface area (Å²) in [6.07, 6.45) is 5.26. The Morgan fingerprint density at radius 1 is 1.47 bits per heavy atom. The molecule has 1 heterocycles. The van der Waals surface area contributed by atoms with E-state index in [-0.39, 0.29) is 6.10 Å². The first kappa shape index (κ1) is 12.5. The molecule has 1 aromatic heterocycles. The Labute approximate surface area is 102 Å². The van der Waals surface area contributed by atoms with Gasteiger partial charge >= 0.3 is 0 Å². The maximum absolute atomic E-state index is 5.69. The van der Waals surface area contributed by atoms with Gasteiger partial charge in [-0.25, -0.2) is 0 Å². The standard InChI is InChI=1S/C12H21N3O2/c1-2-16-11(9-6-7-9)12-14-10(17-15-12)5-3-4-8-13/h9,11H,2-8,13H2,1H3. The molecule has 1 aromatic rings. The molecule has 0 saturated heterocycles. The second-order valence-electron chi connectivity index (χ2n) is 4.51. The summed E-state index contributed by atoms with van der Waals surface area (Å²) in [4.78, 5) is 4.42. The Morgan fingerprint density at radius 3 is 2.94 bits per heavy atom. The fourth-order valence-electron chi connectivity index (χ4n) is 1.91. The van der Waals surface area contributed by atoms with Crippen LogP contribution in [0.4, 0.5) is 0 Å². The minimum absolute atomic E-state index is 0.0343. The Balaban J connectivity index is 1.90. The van der Waals surface area contributed by atoms with E-state index in [0.717, 1.165) is 25.1 Å². The molecule has 2 N–H and O–H groups in total. The maximum atomic E-state index is 5.69. The van der Waals surface area contributed by atoms with Crippen LogP contribution in [0, 0.1) is 5.92 Å². The third kappa shape index (κ3) is 3.51. The lowest BCUT2D eigenvalue weighted by Gasteiger charge is -2.10. The van der Waals surface area contributed by atoms with Crippen LogP contribution in [0.1, 0.15) is 50.4 Å². The number of unbranched alkanes of at least 4 members (excludes halogenated alkanes) is 1. The fraction of sp³-hybridized carbons (Fsp3) is 0.833. The second-order valence-corrected chi connectivity index (χ2v) is 4.51. The Morgan fingerprint density at radius 2 is 2.29 bits per heavy atom. The van der Waals surface area contributed by atoms with Gasteiger partial charge in [0.25, 0.3) is 0 Å². The molecule has 0 radical (unpaired) electrons. The lowest BCUT2D eigenvalue weighted by atomic mass is 10.2. The molecule has 1 saturated carbocycles. The van der Waals surface area contributed by atoms with Gasteiger partial charge in [-0.15, -0.1) is 0 Å². The molecule has 0 aliphatic heterocycles. The first-order valence-corrected chi connectivity index (χ1v) is 6.49. The van der Waals surface area contributed by atoms with E-state index >= 15 is 0 Å². The van der Waals surface area contributed by atoms with E-state index in [1.165, 1.54) is 12.8 Å². The quantitative estimate of drug-likeness (QED) is 0.701. The average molecular weight is 239 g/mol. The molecule has 1 aliphatic rings. The number of hydrogen-bond acceptors (Lipinski definition) is 5. The van der Waals surface area contributed by atoms with Crippen LogP contribution in [-0.2, 0) is 11.2 Å². The monoisotopic (exact) mass is 239 g/mol. The van der Waals surface area contributed by atoms with E-state index in [1.807, 2.05) is 6.92 Å². The first-order valence-electron chi connectivity index (χ1n) is 6.49. The Bertz CT molecular complexity index is 336. The van der Waals surface area contributed by atoms with E-state index in [0.29, 0.717) is 25.0 Å². The van der Waals surface area contributed by atoms with Crippen LogP contribution in [0.3, 0.4) is 0 Å². The Kier molecular flexibility index (Phi) is 4.50. The molecule has 0 aromatic carbocycles. The molecule has 1 aliphatic carbocycles. The third-order valence-corrected chi connectivity index (χ3v) is 2.98. The van der Waals surface area contributed by atoms with Crippen LogP contribution in [0.5, 0.6) is 0 Å². The summed E-state index contributed by atoms with van der Waals surface area (Å²) in [6.45, 7) is 3.40. The van der Waals surface area contributed by atoms with Crippen molar-refractivity contribution in [3.05, 3.63) is 11.7 Å². The van der Waals surface area contributed by atoms with Crippen LogP contribution in [0.2, 0.25) is 0 Å². The van der Waals surface area contributed by atoms with Crippen LogP contribution >= 0.6 is 0 Å². The maximum Gasteiger partial charge on any atom is 0.226 e. The van der Waals surface area contributed by atoms with E-state index in [2.05, 4.69) is 10.1 Å². The molecular weight excluding hydrogens is 218 g/mol. The van der Waals surface area contributed by atoms with Gasteiger partial charge in [0.15, 0.2) is 0 Å². The molecule has 1 fully saturated rings. The minimum Gasteiger partial charge on any atom is -0.370 e. The van der Waals surface area contributed by atoms with Crippen LogP contribution < -0.4 is 5.73 Å². The fourth-order valence-corrected chi connectivity index (χ4v) is 1.91. The number of rotatable bonds is 8. The second kappa shape index (κ2) is 6.12. The summed E-state index contributed by atoms with van der Waals surface area (Å²) >= 11 is 0. The highest BCUT2D eigenvalue weighted by Gasteiger charge is 2.36. The van der Waals surface area contributed by atoms with Gasteiger partial charge < -0.3 is 15.0 Å². The molecule has 5 nitrogen and oxygen atoms in total. The number of aryl methyl sites for hydroxylation is 1. The third-order valence-electron chi connectivity index (χ3n) is 2.98. The van der Waals surface area contributed by atoms with Crippen molar-refractivity contribution in [2.24, 2.45) is 11.7 Å². The Hall–Kier alpha value is -0.940. The number of hydrogen-bond donors (Lipinski definition) is 1. The summed E-state index contributed by atoms with van der Waals surface area (Å²) in [5.41, 5.74) is 5.45. The number of aromatic nitrogens is 2. The molecule has 1 atom stereocenters. The molecule has 1 unspecified atom stereocenters. The van der Waals surface area contributed by atoms with Gasteiger partial charge in [-0.1, -0.05) is 5.16 Å². The minimum atomic E-state index is 0.0343. The highest BCUT2D eigenvalue weighted by Crippen LogP contribution is 2.42. The van der Waals surface area contributed by atoms with Crippen LogP contribution in [0.25, 0.3) is 0 Å². The summed E-state index contributed by atoms with van der Waals surface area (Å²) in [5, 5.41) is 4.03. The number of ether oxygens (including phenoxy) is 1. The lowest BCUT2D eigenvalue weighted by molar-refractivity contribution is 0.0384. The molecule has 0 amide bonds. The van der Waals surface area contributed by atoms with Crippen molar-refractivity contribution in [3.63, 3.8) is 0 Å². The predicted molar refractivity (Wildman–Crippen MR) is 63.4 cm³/mol. The molecule has 5 heteroatoms. The highest BCUT2D eigenvalue weighted by molar-refractivity contribution is 4.98. The largest absolute Gasteiger partial charge is 0.370 e. The number of nitrogens with zero attached hydrogens (tertiary/aromatic N) is 2. The summed E-state index contributed by atoms with van der Waals surface area (Å²) < 4.78 is 10.9. The van der Waals surface area contributed by atoms with E-state index in [9.17, 15) is 0 Å². The van der Waals surface area contributed by atoms with Gasteiger partial charge in [-0.05, 0) is 45.1 Å². The molecule has 0 spiro atoms. The van der Waals surface area contributed by atoms with E-state index < -0.39 is 0 Å². The molecule has 17 heavy (non-hydrogen) atoms. The van der Waals surface area contributed by atoms with Crippen LogP contribution in [0.15, 0.2) is 4.52 Å². The average Bonchev–Trinajstić information content (AvgIpc) is 3.06. The predicted octanol–water partition coefficient (Wildman–Crippen LogP) is 1.84. The molecular formula is C12H21N3O2. The molecule has 2 rings (SSSR count). The van der Waals surface area contributed by atoms with E-state index in [1.54, 1.807) is 0 Å². The van der Waals surface area contributed by atoms with Gasteiger partial charge in [-0.2, -0.15) is 4.98 Å². The zero-order valence-corrected chi connectivity index (χ0v) is 10.4. The molecule has 96 valence electrons. The lowest BCUT2D eigenvalue weighted by Crippen LogP contribution is -2.08. The van der Waals surface area contributed by atoms with Crippen molar-refractivity contribution >= 4 is 0 Å². The zero-order valence-electron chi connectivity index (χ0n) is 10.4. The molecule has 0 bridgehead atoms. The van der Waals surface area contributed by atoms with Crippen molar-refractivity contribution in [2.75, 3.05) is 13.2 Å². The van der Waals surface area contributed by atoms with Crippen molar-refractivity contribution < 1.29 is 9.26 Å². The van der Waals surface area contributed by atoms with Crippen molar-refractivity contribution in [1.29, 1.82) is 0 Å². The first-order chi connectivity index (χ1) is 8.35. The van der Waals surface area contributed by atoms with Gasteiger partial charge in [0, 0.05) is 13.0 Å². The van der Waals surface area contributed by atoms with Crippen molar-refractivity contribution in [2.45, 2.75) is 45.1 Å². The van der Waals surface area contributed by atoms with Crippen LogP contribution in [-0.4, -0.2) is 23.3 Å². The van der Waals surface area contributed by atoms with Gasteiger partial charge in [0.2, 0.25) is 11.7 Å². The number of nitrogens with two attached hydrogens (primary N) is 1. The van der Waals surface area contributed by atoms with Crippen molar-refractivity contribution in [1.82, 2.24) is 10.1 Å². The summed E-state index contributed by atoms with van der Waals surface area (Å²) in [7, 11) is 0. The normalized spacial score (nSPS) is 17.3. The van der Waals surface area contributed by atoms with Gasteiger partial charge in [0.1, 0.15) is 6.10 Å². The summed E-state index contributed by atoms with van der Waals surface area (Å²) in [5.74, 6) is 2.01. The van der Waals surface area contributed by atoms with E-state index in [4.69, 9.17) is 15.0 Å².